The van der Waals surface area contributed by atoms with Crippen LogP contribution >= 0.6 is 0 Å². The van der Waals surface area contributed by atoms with E-state index in [1.54, 1.807) is 6.07 Å². The van der Waals surface area contributed by atoms with Gasteiger partial charge >= 0.3 is 6.03 Å². The maximum Gasteiger partial charge on any atom is 0.322 e. The summed E-state index contributed by atoms with van der Waals surface area (Å²) in [5, 5.41) is 5.80. The van der Waals surface area contributed by atoms with Crippen molar-refractivity contribution < 1.29 is 9.59 Å². The van der Waals surface area contributed by atoms with Crippen molar-refractivity contribution in [3.05, 3.63) is 24.3 Å². The summed E-state index contributed by atoms with van der Waals surface area (Å²) in [5.74, 6) is 0.693. The number of hydrogen-bond acceptors (Lipinski definition) is 2. The fourth-order valence-electron chi connectivity index (χ4n) is 3.49. The molecular weight excluding hydrogens is 278 g/mol. The number of amides is 3. The van der Waals surface area contributed by atoms with E-state index in [4.69, 9.17) is 0 Å². The number of benzene rings is 1. The first-order valence-electron chi connectivity index (χ1n) is 8.13. The Morgan fingerprint density at radius 3 is 2.64 bits per heavy atom. The van der Waals surface area contributed by atoms with Gasteiger partial charge in [-0.2, -0.15) is 0 Å². The van der Waals surface area contributed by atoms with Gasteiger partial charge in [0, 0.05) is 30.4 Å². The normalized spacial score (nSPS) is 22.7. The molecule has 1 aromatic rings. The quantitative estimate of drug-likeness (QED) is 0.895. The number of nitrogens with zero attached hydrogens (tertiary/aromatic N) is 1. The number of rotatable bonds is 4. The molecule has 1 aliphatic heterocycles. The molecule has 0 aromatic heterocycles. The van der Waals surface area contributed by atoms with Crippen molar-refractivity contribution in [3.8, 4) is 0 Å². The minimum absolute atomic E-state index is 0.00262. The molecule has 3 rings (SSSR count). The number of carbonyl (C=O) groups is 2. The van der Waals surface area contributed by atoms with Crippen LogP contribution in [-0.4, -0.2) is 29.4 Å². The highest BCUT2D eigenvalue weighted by Gasteiger charge is 2.40. The smallest absolute Gasteiger partial charge is 0.322 e. The van der Waals surface area contributed by atoms with Gasteiger partial charge in [0.1, 0.15) is 0 Å². The summed E-state index contributed by atoms with van der Waals surface area (Å²) < 4.78 is 0. The van der Waals surface area contributed by atoms with Crippen LogP contribution < -0.4 is 10.6 Å². The summed E-state index contributed by atoms with van der Waals surface area (Å²) in [6.45, 7) is 2.85. The second-order valence-corrected chi connectivity index (χ2v) is 6.29. The lowest BCUT2D eigenvalue weighted by Gasteiger charge is -2.27. The average Bonchev–Trinajstić information content (AvgIpc) is 3.10. The van der Waals surface area contributed by atoms with E-state index >= 15 is 0 Å². The van der Waals surface area contributed by atoms with Crippen LogP contribution in [0.3, 0.4) is 0 Å². The van der Waals surface area contributed by atoms with E-state index in [-0.39, 0.29) is 11.9 Å². The van der Waals surface area contributed by atoms with Gasteiger partial charge in [-0.1, -0.05) is 13.0 Å². The first kappa shape index (κ1) is 14.9. The van der Waals surface area contributed by atoms with Gasteiger partial charge in [0.15, 0.2) is 0 Å². The second kappa shape index (κ2) is 6.38. The Hall–Kier alpha value is -2.04. The number of piperidine rings is 1. The minimum Gasteiger partial charge on any atom is -0.326 e. The Balaban J connectivity index is 1.60. The van der Waals surface area contributed by atoms with Gasteiger partial charge in [-0.25, -0.2) is 4.79 Å². The fraction of sp³-hybridized carbons (Fsp3) is 0.529. The number of likely N-dealkylation sites (tertiary alicyclic amines) is 1. The van der Waals surface area contributed by atoms with Gasteiger partial charge < -0.3 is 15.5 Å². The molecule has 2 N–H and O–H groups in total. The Kier molecular flexibility index (Phi) is 4.32. The molecule has 5 heteroatoms. The third-order valence-electron chi connectivity index (χ3n) is 4.54. The number of urea groups is 1. The van der Waals surface area contributed by atoms with Gasteiger partial charge in [0.2, 0.25) is 5.91 Å². The van der Waals surface area contributed by atoms with Crippen LogP contribution in [0.25, 0.3) is 0 Å². The lowest BCUT2D eigenvalue weighted by Crippen LogP contribution is -2.40. The van der Waals surface area contributed by atoms with E-state index in [9.17, 15) is 9.59 Å². The minimum atomic E-state index is -0.0239. The summed E-state index contributed by atoms with van der Waals surface area (Å²) in [6, 6.07) is 7.72. The highest BCUT2D eigenvalue weighted by Crippen LogP contribution is 2.37. The highest BCUT2D eigenvalue weighted by atomic mass is 16.2. The van der Waals surface area contributed by atoms with Crippen LogP contribution in [-0.2, 0) is 4.79 Å². The van der Waals surface area contributed by atoms with Gasteiger partial charge in [-0.3, -0.25) is 4.79 Å². The van der Waals surface area contributed by atoms with Crippen LogP contribution in [0.4, 0.5) is 16.2 Å². The van der Waals surface area contributed by atoms with Gasteiger partial charge in [-0.15, -0.1) is 0 Å². The highest BCUT2D eigenvalue weighted by molar-refractivity contribution is 5.93. The van der Waals surface area contributed by atoms with Crippen LogP contribution in [0.2, 0.25) is 0 Å². The molecule has 22 heavy (non-hydrogen) atoms. The molecule has 0 unspecified atom stereocenters. The summed E-state index contributed by atoms with van der Waals surface area (Å²) in [7, 11) is 0. The van der Waals surface area contributed by atoms with E-state index in [1.807, 2.05) is 30.0 Å². The largest absolute Gasteiger partial charge is 0.326 e. The Morgan fingerprint density at radius 1 is 1.23 bits per heavy atom. The molecule has 2 atom stereocenters. The third-order valence-corrected chi connectivity index (χ3v) is 4.54. The molecule has 118 valence electrons. The third kappa shape index (κ3) is 3.24. The molecule has 0 radical (unpaired) electrons. The average molecular weight is 301 g/mol. The monoisotopic (exact) mass is 301 g/mol. The molecule has 1 saturated heterocycles. The molecule has 1 saturated carbocycles. The van der Waals surface area contributed by atoms with E-state index in [0.717, 1.165) is 37.2 Å². The number of fused-ring (bicyclic) bond motifs is 2. The lowest BCUT2D eigenvalue weighted by molar-refractivity contribution is -0.116. The zero-order chi connectivity index (χ0) is 15.5. The van der Waals surface area contributed by atoms with Crippen LogP contribution in [0.15, 0.2) is 24.3 Å². The van der Waals surface area contributed by atoms with Gasteiger partial charge in [0.25, 0.3) is 0 Å². The first-order chi connectivity index (χ1) is 10.7. The number of nitrogens with one attached hydrogen (secondary N) is 2. The second-order valence-electron chi connectivity index (χ2n) is 6.29. The van der Waals surface area contributed by atoms with Crippen LogP contribution in [0.1, 0.15) is 39.0 Å². The van der Waals surface area contributed by atoms with E-state index in [0.29, 0.717) is 18.4 Å². The predicted molar refractivity (Wildman–Crippen MR) is 86.8 cm³/mol. The Morgan fingerprint density at radius 2 is 2.00 bits per heavy atom. The molecule has 0 spiro atoms. The number of anilines is 2. The molecule has 3 amide bonds. The molecule has 1 aromatic carbocycles. The predicted octanol–water partition coefficient (Wildman–Crippen LogP) is 3.44. The maximum absolute atomic E-state index is 12.4. The molecule has 1 heterocycles. The van der Waals surface area contributed by atoms with E-state index < -0.39 is 0 Å². The summed E-state index contributed by atoms with van der Waals surface area (Å²) in [5.41, 5.74) is 1.45. The van der Waals surface area contributed by atoms with E-state index in [1.165, 1.54) is 6.42 Å². The number of hydrogen-bond donors (Lipinski definition) is 2. The summed E-state index contributed by atoms with van der Waals surface area (Å²) in [6.07, 6.45) is 4.87. The maximum atomic E-state index is 12.4. The van der Waals surface area contributed by atoms with Crippen molar-refractivity contribution in [2.75, 3.05) is 17.2 Å². The Labute approximate surface area is 131 Å². The fourth-order valence-corrected chi connectivity index (χ4v) is 3.49. The summed E-state index contributed by atoms with van der Waals surface area (Å²) >= 11 is 0. The van der Waals surface area contributed by atoms with Crippen LogP contribution in [0, 0.1) is 5.92 Å². The zero-order valence-corrected chi connectivity index (χ0v) is 13.0. The number of carbonyl (C=O) groups excluding carboxylic acids is 2. The standard InChI is InChI=1S/C17H23N3O2/c1-2-4-16(21)18-13-5-3-6-14(10-13)19-17(22)20-11-12-7-8-15(20)9-12/h3,5-6,10,12,15H,2,4,7-9,11H2,1H3,(H,18,21)(H,19,22)/t12-,15-/m1/s1. The molecule has 5 nitrogen and oxygen atoms in total. The van der Waals surface area contributed by atoms with Gasteiger partial charge in [0.05, 0.1) is 0 Å². The van der Waals surface area contributed by atoms with E-state index in [2.05, 4.69) is 10.6 Å². The Bertz CT molecular complexity index is 573. The lowest BCUT2D eigenvalue weighted by atomic mass is 10.1. The molecular formula is C17H23N3O2. The van der Waals surface area contributed by atoms with Crippen molar-refractivity contribution in [2.24, 2.45) is 5.92 Å². The van der Waals surface area contributed by atoms with Gasteiger partial charge in [-0.05, 0) is 49.8 Å². The van der Waals surface area contributed by atoms with Crippen molar-refractivity contribution in [1.29, 1.82) is 0 Å². The molecule has 1 aliphatic carbocycles. The van der Waals surface area contributed by atoms with Crippen molar-refractivity contribution in [3.63, 3.8) is 0 Å². The van der Waals surface area contributed by atoms with Crippen molar-refractivity contribution in [2.45, 2.75) is 45.1 Å². The topological polar surface area (TPSA) is 61.4 Å². The van der Waals surface area contributed by atoms with Crippen molar-refractivity contribution >= 4 is 23.3 Å². The summed E-state index contributed by atoms with van der Waals surface area (Å²) in [4.78, 5) is 26.0. The van der Waals surface area contributed by atoms with Crippen LogP contribution in [0.5, 0.6) is 0 Å². The molecule has 2 fully saturated rings. The molecule has 2 bridgehead atoms. The zero-order valence-electron chi connectivity index (χ0n) is 13.0. The molecule has 2 aliphatic rings. The first-order valence-corrected chi connectivity index (χ1v) is 8.13. The van der Waals surface area contributed by atoms with Crippen molar-refractivity contribution in [1.82, 2.24) is 4.90 Å². The SMILES string of the molecule is CCCC(=O)Nc1cccc(NC(=O)N2C[C@@H]3CC[C@@H]2C3)c1.